The second-order valence-electron chi connectivity index (χ2n) is 11.4. The van der Waals surface area contributed by atoms with Crippen molar-refractivity contribution in [3.8, 4) is 5.75 Å². The van der Waals surface area contributed by atoms with Crippen molar-refractivity contribution in [3.05, 3.63) is 46.9 Å². The molecule has 0 spiro atoms. The van der Waals surface area contributed by atoms with Crippen LogP contribution in [0.5, 0.6) is 5.75 Å². The van der Waals surface area contributed by atoms with Gasteiger partial charge in [0.1, 0.15) is 23.4 Å². The number of alkyl carbamates (subject to hydrolysis) is 1. The van der Waals surface area contributed by atoms with Crippen molar-refractivity contribution in [2.45, 2.75) is 72.1 Å². The second-order valence-corrected chi connectivity index (χ2v) is 11.4. The zero-order chi connectivity index (χ0) is 29.5. The van der Waals surface area contributed by atoms with Crippen LogP contribution in [0.25, 0.3) is 16.8 Å². The van der Waals surface area contributed by atoms with Crippen molar-refractivity contribution >= 4 is 34.8 Å². The number of benzene rings is 1. The molecule has 0 unspecified atom stereocenters. The number of hydrogen-bond acceptors (Lipinski definition) is 7. The molecule has 0 aliphatic carbocycles. The van der Waals surface area contributed by atoms with Crippen LogP contribution in [0.15, 0.2) is 35.8 Å². The van der Waals surface area contributed by atoms with Crippen LogP contribution in [0.4, 0.5) is 4.79 Å². The van der Waals surface area contributed by atoms with Crippen LogP contribution < -0.4 is 15.6 Å². The van der Waals surface area contributed by atoms with Crippen molar-refractivity contribution < 1.29 is 28.6 Å². The minimum atomic E-state index is -0.794. The Bertz CT molecular complexity index is 1250. The van der Waals surface area contributed by atoms with E-state index in [2.05, 4.69) is 16.9 Å². The Balaban J connectivity index is 0.000000302. The quantitative estimate of drug-likeness (QED) is 0.539. The maximum Gasteiger partial charge on any atom is 0.408 e. The molecular formula is C29H41N3O7. The van der Waals surface area contributed by atoms with Crippen LogP contribution in [0.3, 0.4) is 0 Å². The summed E-state index contributed by atoms with van der Waals surface area (Å²) in [6.45, 7) is 15.0. The Morgan fingerprint density at radius 1 is 1.15 bits per heavy atom. The summed E-state index contributed by atoms with van der Waals surface area (Å²) in [5.74, 6) is 0.00939. The van der Waals surface area contributed by atoms with E-state index in [1.54, 1.807) is 46.2 Å². The number of methoxy groups -OCH3 is 2. The molecule has 1 saturated heterocycles. The van der Waals surface area contributed by atoms with Crippen LogP contribution in [0.1, 0.15) is 59.9 Å². The maximum atomic E-state index is 13.0. The van der Waals surface area contributed by atoms with E-state index in [0.717, 1.165) is 23.1 Å². The number of hydrogen-bond donors (Lipinski definition) is 2. The third-order valence-electron chi connectivity index (χ3n) is 6.13. The van der Waals surface area contributed by atoms with E-state index in [4.69, 9.17) is 14.2 Å². The van der Waals surface area contributed by atoms with Gasteiger partial charge in [0.25, 0.3) is 5.56 Å². The maximum absolute atomic E-state index is 13.0. The lowest BCUT2D eigenvalue weighted by atomic mass is 9.85. The molecule has 0 saturated carbocycles. The summed E-state index contributed by atoms with van der Waals surface area (Å²) >= 11 is 0. The molecule has 2 amide bonds. The fourth-order valence-corrected chi connectivity index (χ4v) is 4.22. The fraction of sp³-hybridized carbons (Fsp3) is 0.517. The third kappa shape index (κ3) is 8.33. The number of aromatic nitrogens is 1. The number of amides is 2. The van der Waals surface area contributed by atoms with E-state index in [-0.39, 0.29) is 11.5 Å². The van der Waals surface area contributed by atoms with Crippen molar-refractivity contribution in [2.75, 3.05) is 20.8 Å². The standard InChI is InChI=1S/C17H30N2O5.C12H11NO2/c1-16(2,3)12(18-15(22)24-17(4,5)6)13(20)19-10-8-9-11(19)14(21)23-7;1-3-8-6-10-9(7-11(8)15-2)4-5-13-12(10)14/h11-12H,8-10H2,1-7H3,(H,18,22);3-7H,1H2,2H3,(H,13,14)/t11-,12+;/m0./s1. The van der Waals surface area contributed by atoms with Crippen molar-refractivity contribution in [1.82, 2.24) is 15.2 Å². The van der Waals surface area contributed by atoms with Gasteiger partial charge in [0.15, 0.2) is 0 Å². The van der Waals surface area contributed by atoms with Crippen molar-refractivity contribution in [1.29, 1.82) is 0 Å². The molecule has 0 radical (unpaired) electrons. The highest BCUT2D eigenvalue weighted by molar-refractivity contribution is 5.91. The van der Waals surface area contributed by atoms with Gasteiger partial charge in [-0.05, 0) is 62.6 Å². The molecule has 1 aromatic carbocycles. The molecule has 3 rings (SSSR count). The monoisotopic (exact) mass is 543 g/mol. The molecule has 39 heavy (non-hydrogen) atoms. The molecule has 1 aliphatic heterocycles. The Labute approximate surface area is 229 Å². The first-order chi connectivity index (χ1) is 18.1. The highest BCUT2D eigenvalue weighted by Crippen LogP contribution is 2.27. The van der Waals surface area contributed by atoms with Gasteiger partial charge in [-0.1, -0.05) is 33.4 Å². The minimum Gasteiger partial charge on any atom is -0.496 e. The highest BCUT2D eigenvalue weighted by Gasteiger charge is 2.42. The number of H-pyrrole nitrogens is 1. The third-order valence-corrected chi connectivity index (χ3v) is 6.13. The number of nitrogens with one attached hydrogen (secondary N) is 2. The van der Waals surface area contributed by atoms with Gasteiger partial charge in [0, 0.05) is 23.7 Å². The lowest BCUT2D eigenvalue weighted by molar-refractivity contribution is -0.152. The van der Waals surface area contributed by atoms with Crippen LogP contribution in [0, 0.1) is 5.41 Å². The fourth-order valence-electron chi connectivity index (χ4n) is 4.22. The number of fused-ring (bicyclic) bond motifs is 1. The van der Waals surface area contributed by atoms with E-state index in [1.807, 2.05) is 32.9 Å². The average Bonchev–Trinajstić information content (AvgIpc) is 3.34. The molecule has 2 atom stereocenters. The topological polar surface area (TPSA) is 127 Å². The van der Waals surface area contributed by atoms with Crippen molar-refractivity contribution in [2.24, 2.45) is 5.41 Å². The van der Waals surface area contributed by atoms with Gasteiger partial charge in [-0.25, -0.2) is 9.59 Å². The second kappa shape index (κ2) is 12.8. The van der Waals surface area contributed by atoms with Gasteiger partial charge < -0.3 is 29.4 Å². The molecule has 1 aromatic heterocycles. The van der Waals surface area contributed by atoms with E-state index in [0.29, 0.717) is 18.4 Å². The molecule has 2 aromatic rings. The van der Waals surface area contributed by atoms with Crippen LogP contribution in [-0.4, -0.2) is 66.3 Å². The van der Waals surface area contributed by atoms with Gasteiger partial charge >= 0.3 is 12.1 Å². The molecule has 2 N–H and O–H groups in total. The number of ether oxygens (including phenoxy) is 3. The van der Waals surface area contributed by atoms with Crippen LogP contribution in [-0.2, 0) is 19.1 Å². The first kappa shape index (κ1) is 31.4. The minimum absolute atomic E-state index is 0.0988. The number of carbonyl (C=O) groups is 3. The molecule has 10 heteroatoms. The molecule has 1 fully saturated rings. The number of aromatic amines is 1. The summed E-state index contributed by atoms with van der Waals surface area (Å²) in [5, 5.41) is 4.17. The van der Waals surface area contributed by atoms with Crippen LogP contribution >= 0.6 is 0 Å². The number of carbonyl (C=O) groups excluding carboxylic acids is 3. The van der Waals surface area contributed by atoms with E-state index >= 15 is 0 Å². The van der Waals surface area contributed by atoms with Gasteiger partial charge in [-0.3, -0.25) is 9.59 Å². The average molecular weight is 544 g/mol. The Morgan fingerprint density at radius 3 is 2.36 bits per heavy atom. The summed E-state index contributed by atoms with van der Waals surface area (Å²) in [7, 11) is 2.91. The number of nitrogens with zero attached hydrogens (tertiary/aromatic N) is 1. The van der Waals surface area contributed by atoms with E-state index in [9.17, 15) is 19.2 Å². The lowest BCUT2D eigenvalue weighted by Crippen LogP contribution is -2.57. The van der Waals surface area contributed by atoms with Gasteiger partial charge in [-0.2, -0.15) is 0 Å². The molecule has 2 heterocycles. The number of likely N-dealkylation sites (tertiary alicyclic amines) is 1. The normalized spacial score (nSPS) is 16.0. The zero-order valence-electron chi connectivity index (χ0n) is 24.2. The Hall–Kier alpha value is -3.82. The Kier molecular flexibility index (Phi) is 10.3. The van der Waals surface area contributed by atoms with E-state index < -0.39 is 35.2 Å². The highest BCUT2D eigenvalue weighted by atomic mass is 16.6. The van der Waals surface area contributed by atoms with E-state index in [1.165, 1.54) is 12.0 Å². The van der Waals surface area contributed by atoms with Gasteiger partial charge in [-0.15, -0.1) is 0 Å². The number of esters is 1. The molecule has 214 valence electrons. The summed E-state index contributed by atoms with van der Waals surface area (Å²) in [6.07, 6.45) is 3.95. The molecule has 0 bridgehead atoms. The zero-order valence-corrected chi connectivity index (χ0v) is 24.2. The first-order valence-corrected chi connectivity index (χ1v) is 12.8. The summed E-state index contributed by atoms with van der Waals surface area (Å²) in [6, 6.07) is 4.07. The predicted molar refractivity (Wildman–Crippen MR) is 151 cm³/mol. The molecule has 1 aliphatic rings. The van der Waals surface area contributed by atoms with Crippen LogP contribution in [0.2, 0.25) is 0 Å². The first-order valence-electron chi connectivity index (χ1n) is 12.8. The smallest absolute Gasteiger partial charge is 0.408 e. The summed E-state index contributed by atoms with van der Waals surface area (Å²) in [4.78, 5) is 52.6. The molecule has 10 nitrogen and oxygen atoms in total. The molecular weight excluding hydrogens is 502 g/mol. The SMILES string of the molecule is C=Cc1cc2c(=O)[nH]ccc2cc1OC.COC(=O)[C@@H]1CCCN1C(=O)[C@@H](NC(=O)OC(C)(C)C)C(C)(C)C. The largest absolute Gasteiger partial charge is 0.496 e. The summed E-state index contributed by atoms with van der Waals surface area (Å²) < 4.78 is 15.2. The van der Waals surface area contributed by atoms with Gasteiger partial charge in [0.2, 0.25) is 5.91 Å². The van der Waals surface area contributed by atoms with Gasteiger partial charge in [0.05, 0.1) is 14.2 Å². The predicted octanol–water partition coefficient (Wildman–Crippen LogP) is 4.27. The number of rotatable bonds is 5. The van der Waals surface area contributed by atoms with Crippen molar-refractivity contribution in [3.63, 3.8) is 0 Å². The lowest BCUT2D eigenvalue weighted by Gasteiger charge is -2.35. The summed E-state index contributed by atoms with van der Waals surface area (Å²) in [5.41, 5.74) is -0.463. The number of pyridine rings is 1. The Morgan fingerprint density at radius 2 is 1.82 bits per heavy atom.